The Morgan fingerprint density at radius 2 is 2.36 bits per heavy atom. The number of hydrogen-bond acceptors (Lipinski definition) is 4. The molecular formula is C19H23N3O2S. The van der Waals surface area contributed by atoms with Gasteiger partial charge in [0.15, 0.2) is 0 Å². The van der Waals surface area contributed by atoms with E-state index in [2.05, 4.69) is 5.10 Å². The summed E-state index contributed by atoms with van der Waals surface area (Å²) >= 11 is 1.63. The summed E-state index contributed by atoms with van der Waals surface area (Å²) in [5.74, 6) is 0.813. The summed E-state index contributed by atoms with van der Waals surface area (Å²) in [7, 11) is 1.98. The van der Waals surface area contributed by atoms with Crippen molar-refractivity contribution >= 4 is 23.3 Å². The molecule has 0 saturated heterocycles. The summed E-state index contributed by atoms with van der Waals surface area (Å²) in [5, 5.41) is 6.64. The number of aryl methyl sites for hydroxylation is 1. The van der Waals surface area contributed by atoms with Gasteiger partial charge in [0.05, 0.1) is 12.3 Å². The number of carbonyl (C=O) groups excluding carboxylic acids is 1. The van der Waals surface area contributed by atoms with Crippen molar-refractivity contribution in [3.05, 3.63) is 45.4 Å². The predicted octanol–water partition coefficient (Wildman–Crippen LogP) is 3.01. The largest absolute Gasteiger partial charge is 0.375 e. The van der Waals surface area contributed by atoms with Crippen molar-refractivity contribution in [1.29, 1.82) is 0 Å². The van der Waals surface area contributed by atoms with E-state index in [1.165, 1.54) is 24.1 Å². The number of hydrogen-bond donors (Lipinski definition) is 0. The fourth-order valence-corrected chi connectivity index (χ4v) is 3.84. The molecule has 0 bridgehead atoms. The first-order chi connectivity index (χ1) is 12.2. The fraction of sp³-hybridized carbons (Fsp3) is 0.474. The molecular weight excluding hydrogens is 334 g/mol. The monoisotopic (exact) mass is 357 g/mol. The molecule has 1 fully saturated rings. The molecule has 2 aliphatic rings. The van der Waals surface area contributed by atoms with E-state index in [1.807, 2.05) is 40.2 Å². The van der Waals surface area contributed by atoms with Crippen LogP contribution < -0.4 is 0 Å². The fourth-order valence-electron chi connectivity index (χ4n) is 3.23. The lowest BCUT2D eigenvalue weighted by Gasteiger charge is -2.26. The molecule has 0 unspecified atom stereocenters. The zero-order chi connectivity index (χ0) is 17.2. The lowest BCUT2D eigenvalue weighted by molar-refractivity contribution is -0.126. The van der Waals surface area contributed by atoms with Crippen molar-refractivity contribution in [2.24, 2.45) is 13.0 Å². The van der Waals surface area contributed by atoms with E-state index < -0.39 is 0 Å². The first kappa shape index (κ1) is 16.5. The number of thiophene rings is 1. The second-order valence-electron chi connectivity index (χ2n) is 6.81. The number of rotatable bonds is 6. The van der Waals surface area contributed by atoms with Crippen LogP contribution in [0.2, 0.25) is 0 Å². The Bertz CT molecular complexity index is 775. The van der Waals surface area contributed by atoms with Gasteiger partial charge in [0.1, 0.15) is 0 Å². The zero-order valence-electron chi connectivity index (χ0n) is 14.5. The van der Waals surface area contributed by atoms with Crippen LogP contribution in [0.15, 0.2) is 23.6 Å². The van der Waals surface area contributed by atoms with Gasteiger partial charge < -0.3 is 9.64 Å². The minimum atomic E-state index is 0.0627. The minimum absolute atomic E-state index is 0.0627. The average molecular weight is 357 g/mol. The van der Waals surface area contributed by atoms with E-state index in [0.29, 0.717) is 13.2 Å². The molecule has 0 spiro atoms. The van der Waals surface area contributed by atoms with Crippen molar-refractivity contribution in [2.45, 2.75) is 32.4 Å². The number of aromatic nitrogens is 2. The van der Waals surface area contributed by atoms with Crippen molar-refractivity contribution in [2.75, 3.05) is 13.2 Å². The predicted molar refractivity (Wildman–Crippen MR) is 98.1 cm³/mol. The molecule has 1 amide bonds. The Labute approximate surface area is 151 Å². The highest BCUT2D eigenvalue weighted by atomic mass is 32.1. The standard InChI is InChI=1S/C19H23N3O2S/c1-21-18-8-9-22(19(23)7-6-15-3-2-10-25-15)11-16(18)17(20-21)13-24-12-14-4-5-14/h2-3,6-7,10,14H,4-5,8-9,11-13H2,1H3/b7-6+. The van der Waals surface area contributed by atoms with Crippen LogP contribution in [0.4, 0.5) is 0 Å². The van der Waals surface area contributed by atoms with Gasteiger partial charge in [0.25, 0.3) is 0 Å². The van der Waals surface area contributed by atoms with Crippen LogP contribution in [-0.4, -0.2) is 33.7 Å². The van der Waals surface area contributed by atoms with Gasteiger partial charge in [-0.2, -0.15) is 5.10 Å². The second-order valence-corrected chi connectivity index (χ2v) is 7.79. The molecule has 1 aliphatic carbocycles. The highest BCUT2D eigenvalue weighted by Gasteiger charge is 2.26. The van der Waals surface area contributed by atoms with Gasteiger partial charge in [-0.25, -0.2) is 0 Å². The third-order valence-electron chi connectivity index (χ3n) is 4.86. The Kier molecular flexibility index (Phi) is 4.72. The van der Waals surface area contributed by atoms with Crippen molar-refractivity contribution in [3.8, 4) is 0 Å². The quantitative estimate of drug-likeness (QED) is 0.747. The maximum Gasteiger partial charge on any atom is 0.246 e. The van der Waals surface area contributed by atoms with Crippen LogP contribution in [0.3, 0.4) is 0 Å². The van der Waals surface area contributed by atoms with Crippen LogP contribution in [-0.2, 0) is 36.2 Å². The van der Waals surface area contributed by atoms with Gasteiger partial charge in [-0.15, -0.1) is 11.3 Å². The lowest BCUT2D eigenvalue weighted by Crippen LogP contribution is -2.35. The summed E-state index contributed by atoms with van der Waals surface area (Å²) in [5.41, 5.74) is 3.39. The number of carbonyl (C=O) groups is 1. The summed E-state index contributed by atoms with van der Waals surface area (Å²) in [6, 6.07) is 4.00. The first-order valence-corrected chi connectivity index (χ1v) is 9.70. The summed E-state index contributed by atoms with van der Waals surface area (Å²) in [6.45, 7) is 2.74. The van der Waals surface area contributed by atoms with Gasteiger partial charge in [0.2, 0.25) is 5.91 Å². The Morgan fingerprint density at radius 3 is 3.12 bits per heavy atom. The van der Waals surface area contributed by atoms with Crippen molar-refractivity contribution < 1.29 is 9.53 Å². The van der Waals surface area contributed by atoms with E-state index >= 15 is 0 Å². The lowest BCUT2D eigenvalue weighted by atomic mass is 10.1. The molecule has 3 heterocycles. The van der Waals surface area contributed by atoms with Gasteiger partial charge in [-0.3, -0.25) is 9.48 Å². The van der Waals surface area contributed by atoms with Gasteiger partial charge in [-0.05, 0) is 36.3 Å². The molecule has 0 atom stereocenters. The molecule has 2 aromatic heterocycles. The second kappa shape index (κ2) is 7.14. The average Bonchev–Trinajstić information content (AvgIpc) is 3.19. The molecule has 1 aliphatic heterocycles. The molecule has 2 aromatic rings. The van der Waals surface area contributed by atoms with Gasteiger partial charge in [-0.1, -0.05) is 6.07 Å². The molecule has 0 aromatic carbocycles. The third-order valence-corrected chi connectivity index (χ3v) is 5.70. The third kappa shape index (κ3) is 3.85. The summed E-state index contributed by atoms with van der Waals surface area (Å²) in [6.07, 6.45) is 7.00. The number of amides is 1. The molecule has 0 N–H and O–H groups in total. The maximum absolute atomic E-state index is 12.5. The number of nitrogens with zero attached hydrogens (tertiary/aromatic N) is 3. The normalized spacial score (nSPS) is 17.2. The van der Waals surface area contributed by atoms with Crippen LogP contribution >= 0.6 is 11.3 Å². The number of ether oxygens (including phenoxy) is 1. The molecule has 0 radical (unpaired) electrons. The highest BCUT2D eigenvalue weighted by molar-refractivity contribution is 7.10. The molecule has 5 nitrogen and oxygen atoms in total. The van der Waals surface area contributed by atoms with E-state index in [0.717, 1.165) is 36.1 Å². The van der Waals surface area contributed by atoms with Crippen LogP contribution in [0.5, 0.6) is 0 Å². The number of fused-ring (bicyclic) bond motifs is 1. The zero-order valence-corrected chi connectivity index (χ0v) is 15.3. The summed E-state index contributed by atoms with van der Waals surface area (Å²) in [4.78, 5) is 15.5. The van der Waals surface area contributed by atoms with E-state index in [-0.39, 0.29) is 5.91 Å². The molecule has 6 heteroatoms. The molecule has 132 valence electrons. The van der Waals surface area contributed by atoms with Gasteiger partial charge >= 0.3 is 0 Å². The highest BCUT2D eigenvalue weighted by Crippen LogP contribution is 2.29. The van der Waals surface area contributed by atoms with E-state index in [1.54, 1.807) is 17.4 Å². The Hall–Kier alpha value is -1.92. The molecule has 1 saturated carbocycles. The van der Waals surface area contributed by atoms with E-state index in [4.69, 9.17) is 4.74 Å². The van der Waals surface area contributed by atoms with Crippen LogP contribution in [0.1, 0.15) is 34.7 Å². The Balaban J connectivity index is 1.42. The van der Waals surface area contributed by atoms with Crippen LogP contribution in [0, 0.1) is 5.92 Å². The smallest absolute Gasteiger partial charge is 0.246 e. The first-order valence-electron chi connectivity index (χ1n) is 8.82. The SMILES string of the molecule is Cn1nc(COCC2CC2)c2c1CCN(C(=O)/C=C/c1cccs1)C2. The van der Waals surface area contributed by atoms with Crippen molar-refractivity contribution in [1.82, 2.24) is 14.7 Å². The van der Waals surface area contributed by atoms with E-state index in [9.17, 15) is 4.79 Å². The maximum atomic E-state index is 12.5. The topological polar surface area (TPSA) is 47.4 Å². The Morgan fingerprint density at radius 1 is 1.48 bits per heavy atom. The minimum Gasteiger partial charge on any atom is -0.375 e. The molecule has 25 heavy (non-hydrogen) atoms. The van der Waals surface area contributed by atoms with Gasteiger partial charge in [0, 0.05) is 55.4 Å². The molecule has 4 rings (SSSR count). The van der Waals surface area contributed by atoms with Crippen LogP contribution in [0.25, 0.3) is 6.08 Å². The summed E-state index contributed by atoms with van der Waals surface area (Å²) < 4.78 is 7.78. The van der Waals surface area contributed by atoms with Crippen molar-refractivity contribution in [3.63, 3.8) is 0 Å².